The van der Waals surface area contributed by atoms with Gasteiger partial charge in [0.15, 0.2) is 0 Å². The third-order valence-electron chi connectivity index (χ3n) is 4.41. The quantitative estimate of drug-likeness (QED) is 0.577. The van der Waals surface area contributed by atoms with E-state index in [1.807, 2.05) is 0 Å². The van der Waals surface area contributed by atoms with E-state index in [2.05, 4.69) is 0 Å². The van der Waals surface area contributed by atoms with Gasteiger partial charge in [0.05, 0.1) is 19.6 Å². The molecule has 0 saturated heterocycles. The van der Waals surface area contributed by atoms with E-state index < -0.39 is 42.4 Å². The summed E-state index contributed by atoms with van der Waals surface area (Å²) < 4.78 is 10.0. The molecular formula is C22H24N2O7. The molecule has 9 heteroatoms. The minimum absolute atomic E-state index is 0.0561. The van der Waals surface area contributed by atoms with E-state index in [1.165, 1.54) is 0 Å². The molecule has 3 N–H and O–H groups in total. The van der Waals surface area contributed by atoms with Gasteiger partial charge < -0.3 is 20.3 Å². The summed E-state index contributed by atoms with van der Waals surface area (Å²) in [6.45, 7) is -0.156. The van der Waals surface area contributed by atoms with Crippen molar-refractivity contribution in [2.24, 2.45) is 5.73 Å². The lowest BCUT2D eigenvalue weighted by molar-refractivity contribution is -0.152. The molecule has 0 aliphatic heterocycles. The molecule has 2 unspecified atom stereocenters. The molecule has 0 aromatic heterocycles. The number of ether oxygens (including phenoxy) is 2. The fourth-order valence-corrected chi connectivity index (χ4v) is 2.87. The standard InChI is InChI=1S/C22H24N2O7/c1-30-21(28)18(12-15-8-4-2-5-9-15)24(20(27)17(23)13-19(25)26)22(29)31-14-16-10-6-3-7-11-16/h2-11,17-18H,12-14,23H2,1H3,(H,25,26). The first-order valence-corrected chi connectivity index (χ1v) is 9.46. The number of nitrogens with two attached hydrogens (primary N) is 1. The minimum Gasteiger partial charge on any atom is -0.481 e. The molecule has 2 aromatic rings. The molecule has 0 heterocycles. The fraction of sp³-hybridized carbons (Fsp3) is 0.273. The van der Waals surface area contributed by atoms with Crippen molar-refractivity contribution in [2.75, 3.05) is 7.11 Å². The average Bonchev–Trinajstić information content (AvgIpc) is 2.77. The lowest BCUT2D eigenvalue weighted by atomic mass is 10.0. The van der Waals surface area contributed by atoms with Crippen LogP contribution < -0.4 is 5.73 Å². The smallest absolute Gasteiger partial charge is 0.417 e. The molecule has 31 heavy (non-hydrogen) atoms. The molecule has 2 atom stereocenters. The van der Waals surface area contributed by atoms with Crippen molar-refractivity contribution < 1.29 is 33.8 Å². The Labute approximate surface area is 179 Å². The number of aliphatic carboxylic acids is 1. The molecule has 2 rings (SSSR count). The van der Waals surface area contributed by atoms with Gasteiger partial charge in [0.2, 0.25) is 5.91 Å². The zero-order valence-electron chi connectivity index (χ0n) is 17.0. The number of methoxy groups -OCH3 is 1. The van der Waals surface area contributed by atoms with Crippen LogP contribution in [-0.2, 0) is 36.9 Å². The molecule has 164 valence electrons. The summed E-state index contributed by atoms with van der Waals surface area (Å²) in [6.07, 6.45) is -1.90. The van der Waals surface area contributed by atoms with Crippen molar-refractivity contribution in [3.05, 3.63) is 71.8 Å². The van der Waals surface area contributed by atoms with E-state index >= 15 is 0 Å². The molecular weight excluding hydrogens is 404 g/mol. The highest BCUT2D eigenvalue weighted by atomic mass is 16.6. The van der Waals surface area contributed by atoms with Gasteiger partial charge in [-0.1, -0.05) is 60.7 Å². The average molecular weight is 428 g/mol. The third-order valence-corrected chi connectivity index (χ3v) is 4.41. The summed E-state index contributed by atoms with van der Waals surface area (Å²) in [5.41, 5.74) is 7.02. The number of imide groups is 1. The number of esters is 1. The molecule has 0 spiro atoms. The number of hydrogen-bond donors (Lipinski definition) is 2. The Bertz CT molecular complexity index is 903. The molecule has 0 bridgehead atoms. The van der Waals surface area contributed by atoms with Crippen LogP contribution in [0.4, 0.5) is 4.79 Å². The molecule has 0 fully saturated rings. The van der Waals surface area contributed by atoms with Gasteiger partial charge in [-0.25, -0.2) is 14.5 Å². The SMILES string of the molecule is COC(=O)C(Cc1ccccc1)N(C(=O)OCc1ccccc1)C(=O)C(N)CC(=O)O. The van der Waals surface area contributed by atoms with Crippen LogP contribution in [0.3, 0.4) is 0 Å². The van der Waals surface area contributed by atoms with E-state index in [1.54, 1.807) is 60.7 Å². The van der Waals surface area contributed by atoms with E-state index in [4.69, 9.17) is 20.3 Å². The van der Waals surface area contributed by atoms with Gasteiger partial charge in [0.1, 0.15) is 12.6 Å². The highest BCUT2D eigenvalue weighted by Gasteiger charge is 2.39. The maximum Gasteiger partial charge on any atom is 0.417 e. The van der Waals surface area contributed by atoms with Gasteiger partial charge in [-0.3, -0.25) is 9.59 Å². The van der Waals surface area contributed by atoms with Crippen molar-refractivity contribution >= 4 is 23.9 Å². The second-order valence-electron chi connectivity index (χ2n) is 6.68. The highest BCUT2D eigenvalue weighted by Crippen LogP contribution is 2.16. The number of carbonyl (C=O) groups is 4. The number of hydrogen-bond acceptors (Lipinski definition) is 7. The van der Waals surface area contributed by atoms with Crippen LogP contribution >= 0.6 is 0 Å². The van der Waals surface area contributed by atoms with Crippen LogP contribution in [-0.4, -0.2) is 53.1 Å². The second kappa shape index (κ2) is 11.5. The predicted molar refractivity (Wildman–Crippen MR) is 110 cm³/mol. The zero-order valence-corrected chi connectivity index (χ0v) is 17.0. The lowest BCUT2D eigenvalue weighted by Crippen LogP contribution is -2.55. The number of nitrogens with zero attached hydrogens (tertiary/aromatic N) is 1. The molecule has 9 nitrogen and oxygen atoms in total. The maximum atomic E-state index is 12.9. The van der Waals surface area contributed by atoms with E-state index in [0.717, 1.165) is 7.11 Å². The number of amides is 2. The van der Waals surface area contributed by atoms with E-state index in [-0.39, 0.29) is 13.0 Å². The first-order chi connectivity index (χ1) is 14.8. The van der Waals surface area contributed by atoms with Crippen molar-refractivity contribution in [3.63, 3.8) is 0 Å². The number of carboxylic acids is 1. The lowest BCUT2D eigenvalue weighted by Gasteiger charge is -2.29. The minimum atomic E-state index is -1.55. The Morgan fingerprint density at radius 3 is 2.03 bits per heavy atom. The molecule has 0 aliphatic rings. The van der Waals surface area contributed by atoms with Crippen LogP contribution in [0.2, 0.25) is 0 Å². The van der Waals surface area contributed by atoms with Crippen molar-refractivity contribution in [3.8, 4) is 0 Å². The molecule has 2 amide bonds. The monoisotopic (exact) mass is 428 g/mol. The third kappa shape index (κ3) is 6.93. The van der Waals surface area contributed by atoms with Crippen LogP contribution in [0.5, 0.6) is 0 Å². The number of rotatable bonds is 9. The number of carbonyl (C=O) groups excluding carboxylic acids is 3. The molecule has 2 aromatic carbocycles. The van der Waals surface area contributed by atoms with Crippen molar-refractivity contribution in [1.82, 2.24) is 4.90 Å². The first kappa shape index (κ1) is 23.6. The first-order valence-electron chi connectivity index (χ1n) is 9.46. The van der Waals surface area contributed by atoms with Crippen LogP contribution in [0.15, 0.2) is 60.7 Å². The fourth-order valence-electron chi connectivity index (χ4n) is 2.87. The Hall–Kier alpha value is -3.72. The summed E-state index contributed by atoms with van der Waals surface area (Å²) in [4.78, 5) is 49.9. The molecule has 0 radical (unpaired) electrons. The van der Waals surface area contributed by atoms with Gasteiger partial charge in [-0.2, -0.15) is 0 Å². The number of benzene rings is 2. The van der Waals surface area contributed by atoms with Crippen LogP contribution in [0.25, 0.3) is 0 Å². The topological polar surface area (TPSA) is 136 Å². The second-order valence-corrected chi connectivity index (χ2v) is 6.68. The van der Waals surface area contributed by atoms with Crippen LogP contribution in [0.1, 0.15) is 17.5 Å². The summed E-state index contributed by atoms with van der Waals surface area (Å²) in [5.74, 6) is -3.24. The zero-order chi connectivity index (χ0) is 22.8. The Morgan fingerprint density at radius 2 is 1.52 bits per heavy atom. The van der Waals surface area contributed by atoms with Crippen molar-refractivity contribution in [1.29, 1.82) is 0 Å². The van der Waals surface area contributed by atoms with Gasteiger partial charge in [-0.15, -0.1) is 0 Å². The predicted octanol–water partition coefficient (Wildman–Crippen LogP) is 1.74. The van der Waals surface area contributed by atoms with Gasteiger partial charge in [0, 0.05) is 6.42 Å². The Kier molecular flexibility index (Phi) is 8.71. The normalized spacial score (nSPS) is 12.3. The maximum absolute atomic E-state index is 12.9. The van der Waals surface area contributed by atoms with Crippen LogP contribution in [0, 0.1) is 0 Å². The summed E-state index contributed by atoms with van der Waals surface area (Å²) in [7, 11) is 1.12. The molecule has 0 aliphatic carbocycles. The summed E-state index contributed by atoms with van der Waals surface area (Å²) >= 11 is 0. The summed E-state index contributed by atoms with van der Waals surface area (Å²) in [5, 5.41) is 8.98. The van der Waals surface area contributed by atoms with Crippen molar-refractivity contribution in [2.45, 2.75) is 31.5 Å². The highest BCUT2D eigenvalue weighted by molar-refractivity contribution is 6.00. The summed E-state index contributed by atoms with van der Waals surface area (Å²) in [6, 6.07) is 14.5. The van der Waals surface area contributed by atoms with E-state index in [0.29, 0.717) is 16.0 Å². The van der Waals surface area contributed by atoms with Gasteiger partial charge >= 0.3 is 18.0 Å². The van der Waals surface area contributed by atoms with Gasteiger partial charge in [-0.05, 0) is 11.1 Å². The number of carboxylic acid groups (broad SMARTS) is 1. The largest absolute Gasteiger partial charge is 0.481 e. The van der Waals surface area contributed by atoms with Gasteiger partial charge in [0.25, 0.3) is 0 Å². The Balaban J connectivity index is 2.33. The molecule has 0 saturated carbocycles. The van der Waals surface area contributed by atoms with E-state index in [9.17, 15) is 19.2 Å². The Morgan fingerprint density at radius 1 is 0.968 bits per heavy atom.